The van der Waals surface area contributed by atoms with Gasteiger partial charge >= 0.3 is 0 Å². The topological polar surface area (TPSA) is 29.5 Å². The molecule has 1 rings (SSSR count). The lowest BCUT2D eigenvalue weighted by Crippen LogP contribution is -2.41. The van der Waals surface area contributed by atoms with Gasteiger partial charge in [0.15, 0.2) is 0 Å². The molecule has 1 fully saturated rings. The maximum absolute atomic E-state index is 11.5. The molecule has 1 aliphatic rings. The fourth-order valence-corrected chi connectivity index (χ4v) is 1.84. The van der Waals surface area contributed by atoms with Gasteiger partial charge in [0.2, 0.25) is 5.91 Å². The second-order valence-electron chi connectivity index (χ2n) is 3.69. The second kappa shape index (κ2) is 5.22. The predicted octanol–water partition coefficient (Wildman–Crippen LogP) is 1.28. The molecule has 0 bridgehead atoms. The summed E-state index contributed by atoms with van der Waals surface area (Å²) in [6.07, 6.45) is 3.60. The van der Waals surface area contributed by atoms with E-state index in [1.807, 2.05) is 4.90 Å². The van der Waals surface area contributed by atoms with Crippen LogP contribution in [0.4, 0.5) is 0 Å². The molecular formula is C10H19NO2. The van der Waals surface area contributed by atoms with Gasteiger partial charge in [-0.3, -0.25) is 4.79 Å². The average molecular weight is 185 g/mol. The number of carbonyl (C=O) groups excluding carboxylic acids is 1. The van der Waals surface area contributed by atoms with E-state index in [4.69, 9.17) is 4.74 Å². The van der Waals surface area contributed by atoms with Gasteiger partial charge in [0.25, 0.3) is 0 Å². The summed E-state index contributed by atoms with van der Waals surface area (Å²) in [5.41, 5.74) is 0. The Morgan fingerprint density at radius 1 is 1.62 bits per heavy atom. The Morgan fingerprint density at radius 2 is 2.38 bits per heavy atom. The first-order chi connectivity index (χ1) is 6.27. The number of methoxy groups -OCH3 is 1. The van der Waals surface area contributed by atoms with E-state index in [1.54, 1.807) is 7.11 Å². The number of hydrogen-bond donors (Lipinski definition) is 0. The third-order valence-corrected chi connectivity index (χ3v) is 2.72. The molecule has 0 N–H and O–H groups in total. The van der Waals surface area contributed by atoms with E-state index in [9.17, 15) is 4.79 Å². The van der Waals surface area contributed by atoms with E-state index in [1.165, 1.54) is 12.8 Å². The molecule has 0 aliphatic carbocycles. The van der Waals surface area contributed by atoms with Crippen LogP contribution >= 0.6 is 0 Å². The smallest absolute Gasteiger partial charge is 0.248 e. The van der Waals surface area contributed by atoms with Crippen LogP contribution in [-0.4, -0.2) is 37.6 Å². The predicted molar refractivity (Wildman–Crippen MR) is 51.5 cm³/mol. The summed E-state index contributed by atoms with van der Waals surface area (Å²) in [5, 5.41) is 0. The number of ether oxygens (including phenoxy) is 1. The van der Waals surface area contributed by atoms with Crippen LogP contribution < -0.4 is 0 Å². The van der Waals surface area contributed by atoms with E-state index in [0.717, 1.165) is 19.5 Å². The third kappa shape index (κ3) is 2.99. The van der Waals surface area contributed by atoms with Crippen molar-refractivity contribution < 1.29 is 9.53 Å². The van der Waals surface area contributed by atoms with Crippen LogP contribution in [0.25, 0.3) is 0 Å². The highest BCUT2D eigenvalue weighted by molar-refractivity contribution is 5.77. The Labute approximate surface area is 80.1 Å². The van der Waals surface area contributed by atoms with E-state index < -0.39 is 0 Å². The Morgan fingerprint density at radius 3 is 3.00 bits per heavy atom. The van der Waals surface area contributed by atoms with Crippen molar-refractivity contribution in [3.05, 3.63) is 0 Å². The van der Waals surface area contributed by atoms with Gasteiger partial charge < -0.3 is 9.64 Å². The molecule has 3 nitrogen and oxygen atoms in total. The van der Waals surface area contributed by atoms with Crippen LogP contribution in [0.3, 0.4) is 0 Å². The highest BCUT2D eigenvalue weighted by Crippen LogP contribution is 2.18. The quantitative estimate of drug-likeness (QED) is 0.663. The molecule has 1 amide bonds. The lowest BCUT2D eigenvalue weighted by atomic mass is 9.96. The van der Waals surface area contributed by atoms with Crippen LogP contribution in [0.1, 0.15) is 26.2 Å². The minimum Gasteiger partial charge on any atom is -0.375 e. The third-order valence-electron chi connectivity index (χ3n) is 2.72. The largest absolute Gasteiger partial charge is 0.375 e. The van der Waals surface area contributed by atoms with Gasteiger partial charge in [-0.15, -0.1) is 0 Å². The molecule has 0 aromatic rings. The summed E-state index contributed by atoms with van der Waals surface area (Å²) >= 11 is 0. The molecule has 1 unspecified atom stereocenters. The number of carbonyl (C=O) groups is 1. The van der Waals surface area contributed by atoms with E-state index in [0.29, 0.717) is 5.92 Å². The average Bonchev–Trinajstić information content (AvgIpc) is 2.18. The number of amides is 1. The highest BCUT2D eigenvalue weighted by atomic mass is 16.5. The highest BCUT2D eigenvalue weighted by Gasteiger charge is 2.21. The van der Waals surface area contributed by atoms with Gasteiger partial charge in [0.1, 0.15) is 6.61 Å². The summed E-state index contributed by atoms with van der Waals surface area (Å²) in [7, 11) is 1.57. The molecule has 0 aromatic heterocycles. The SMILES string of the molecule is CCC1CCCN(C(=O)COC)C1. The monoisotopic (exact) mass is 185 g/mol. The molecule has 1 heterocycles. The second-order valence-corrected chi connectivity index (χ2v) is 3.69. The molecular weight excluding hydrogens is 166 g/mol. The molecule has 0 spiro atoms. The zero-order chi connectivity index (χ0) is 9.68. The molecule has 1 atom stereocenters. The Kier molecular flexibility index (Phi) is 4.22. The van der Waals surface area contributed by atoms with E-state index in [-0.39, 0.29) is 12.5 Å². The first-order valence-corrected chi connectivity index (χ1v) is 5.04. The van der Waals surface area contributed by atoms with Crippen molar-refractivity contribution in [3.8, 4) is 0 Å². The van der Waals surface area contributed by atoms with Crippen molar-refractivity contribution in [1.82, 2.24) is 4.90 Å². The lowest BCUT2D eigenvalue weighted by Gasteiger charge is -2.32. The van der Waals surface area contributed by atoms with Crippen LogP contribution in [0.2, 0.25) is 0 Å². The Balaban J connectivity index is 2.37. The number of piperidine rings is 1. The minimum atomic E-state index is 0.139. The van der Waals surface area contributed by atoms with Crippen LogP contribution in [0.5, 0.6) is 0 Å². The van der Waals surface area contributed by atoms with Gasteiger partial charge in [0.05, 0.1) is 0 Å². The van der Waals surface area contributed by atoms with Gasteiger partial charge in [-0.05, 0) is 18.8 Å². The molecule has 76 valence electrons. The molecule has 0 radical (unpaired) electrons. The minimum absolute atomic E-state index is 0.139. The first-order valence-electron chi connectivity index (χ1n) is 5.04. The van der Waals surface area contributed by atoms with Gasteiger partial charge in [-0.1, -0.05) is 13.3 Å². The van der Waals surface area contributed by atoms with E-state index >= 15 is 0 Å². The summed E-state index contributed by atoms with van der Waals surface area (Å²) in [4.78, 5) is 13.4. The molecule has 1 saturated heterocycles. The fourth-order valence-electron chi connectivity index (χ4n) is 1.84. The maximum Gasteiger partial charge on any atom is 0.248 e. The molecule has 3 heteroatoms. The standard InChI is InChI=1S/C10H19NO2/c1-3-9-5-4-6-11(7-9)10(12)8-13-2/h9H,3-8H2,1-2H3. The normalized spacial score (nSPS) is 23.2. The number of rotatable bonds is 3. The Hall–Kier alpha value is -0.570. The maximum atomic E-state index is 11.5. The molecule has 0 aromatic carbocycles. The van der Waals surface area contributed by atoms with Crippen molar-refractivity contribution in [2.45, 2.75) is 26.2 Å². The van der Waals surface area contributed by atoms with Crippen LogP contribution in [0.15, 0.2) is 0 Å². The van der Waals surface area contributed by atoms with Gasteiger partial charge in [-0.2, -0.15) is 0 Å². The van der Waals surface area contributed by atoms with Gasteiger partial charge in [0, 0.05) is 20.2 Å². The van der Waals surface area contributed by atoms with Gasteiger partial charge in [-0.25, -0.2) is 0 Å². The van der Waals surface area contributed by atoms with Crippen molar-refractivity contribution in [2.75, 3.05) is 26.8 Å². The fraction of sp³-hybridized carbons (Fsp3) is 0.900. The lowest BCUT2D eigenvalue weighted by molar-refractivity contribution is -0.136. The van der Waals surface area contributed by atoms with Crippen LogP contribution in [0, 0.1) is 5.92 Å². The van der Waals surface area contributed by atoms with E-state index in [2.05, 4.69) is 6.92 Å². The molecule has 1 aliphatic heterocycles. The zero-order valence-electron chi connectivity index (χ0n) is 8.58. The van der Waals surface area contributed by atoms with Crippen molar-refractivity contribution in [2.24, 2.45) is 5.92 Å². The molecule has 0 saturated carbocycles. The van der Waals surface area contributed by atoms with Crippen LogP contribution in [-0.2, 0) is 9.53 Å². The number of hydrogen-bond acceptors (Lipinski definition) is 2. The molecule has 13 heavy (non-hydrogen) atoms. The first kappa shape index (κ1) is 10.5. The zero-order valence-corrected chi connectivity index (χ0v) is 8.58. The number of nitrogens with zero attached hydrogens (tertiary/aromatic N) is 1. The summed E-state index contributed by atoms with van der Waals surface area (Å²) < 4.78 is 4.83. The summed E-state index contributed by atoms with van der Waals surface area (Å²) in [6, 6.07) is 0. The Bertz CT molecular complexity index is 170. The van der Waals surface area contributed by atoms with Crippen molar-refractivity contribution in [3.63, 3.8) is 0 Å². The summed E-state index contributed by atoms with van der Waals surface area (Å²) in [5.74, 6) is 0.843. The van der Waals surface area contributed by atoms with Crippen molar-refractivity contribution in [1.29, 1.82) is 0 Å². The summed E-state index contributed by atoms with van der Waals surface area (Å²) in [6.45, 7) is 4.27. The van der Waals surface area contributed by atoms with Crippen molar-refractivity contribution >= 4 is 5.91 Å². The number of likely N-dealkylation sites (tertiary alicyclic amines) is 1.